The number of amides is 1. The van der Waals surface area contributed by atoms with Crippen LogP contribution in [-0.4, -0.2) is 35.3 Å². The van der Waals surface area contributed by atoms with Gasteiger partial charge in [0.05, 0.1) is 13.2 Å². The third kappa shape index (κ3) is 3.99. The number of aliphatic hydroxyl groups is 1. The van der Waals surface area contributed by atoms with E-state index in [1.807, 2.05) is 12.1 Å². The fraction of sp³-hybridized carbons (Fsp3) is 0.368. The van der Waals surface area contributed by atoms with Gasteiger partial charge >= 0.3 is 0 Å². The predicted molar refractivity (Wildman–Crippen MR) is 90.8 cm³/mol. The second-order valence-corrected chi connectivity index (χ2v) is 6.50. The molecular weight excluding hydrogens is 342 g/mol. The Morgan fingerprint density at radius 3 is 2.46 bits per heavy atom. The number of hydrogen-bond donors (Lipinski definition) is 2. The Bertz CT molecular complexity index is 757. The van der Waals surface area contributed by atoms with Crippen molar-refractivity contribution in [3.8, 4) is 5.75 Å². The molecule has 1 fully saturated rings. The minimum absolute atomic E-state index is 0.107. The van der Waals surface area contributed by atoms with Crippen LogP contribution >= 0.6 is 0 Å². The highest BCUT2D eigenvalue weighted by Gasteiger charge is 2.35. The molecule has 0 saturated heterocycles. The van der Waals surface area contributed by atoms with Gasteiger partial charge in [0.15, 0.2) is 17.4 Å². The number of aromatic nitrogens is 1. The summed E-state index contributed by atoms with van der Waals surface area (Å²) in [4.78, 5) is 16.5. The largest absolute Gasteiger partial charge is 0.491 e. The van der Waals surface area contributed by atoms with Crippen LogP contribution in [0.2, 0.25) is 0 Å². The number of carbonyl (C=O) groups excluding carboxylic acids is 1. The van der Waals surface area contributed by atoms with Crippen LogP contribution in [0.1, 0.15) is 28.8 Å². The highest BCUT2D eigenvalue weighted by molar-refractivity contribution is 5.94. The number of halogens is 2. The molecule has 5 nitrogen and oxygen atoms in total. The Balaban J connectivity index is 1.77. The fourth-order valence-electron chi connectivity index (χ4n) is 3.20. The normalized spacial score (nSPS) is 20.2. The molecule has 1 aromatic heterocycles. The Labute approximate surface area is 150 Å². The summed E-state index contributed by atoms with van der Waals surface area (Å²) < 4.78 is 32.3. The summed E-state index contributed by atoms with van der Waals surface area (Å²) in [5.74, 6) is -2.83. The first-order chi connectivity index (χ1) is 12.5. The van der Waals surface area contributed by atoms with E-state index in [1.54, 1.807) is 12.4 Å². The highest BCUT2D eigenvalue weighted by atomic mass is 19.1. The first kappa shape index (κ1) is 18.3. The van der Waals surface area contributed by atoms with Gasteiger partial charge in [-0.25, -0.2) is 8.78 Å². The van der Waals surface area contributed by atoms with Crippen LogP contribution in [0.5, 0.6) is 5.75 Å². The zero-order valence-corrected chi connectivity index (χ0v) is 14.3. The topological polar surface area (TPSA) is 71.5 Å². The molecule has 1 heterocycles. The number of benzene rings is 1. The molecule has 0 bridgehead atoms. The molecule has 2 N–H and O–H groups in total. The molecule has 2 aromatic rings. The summed E-state index contributed by atoms with van der Waals surface area (Å²) in [6.07, 6.45) is 4.68. The van der Waals surface area contributed by atoms with Gasteiger partial charge in [-0.2, -0.15) is 0 Å². The smallest absolute Gasteiger partial charge is 0.251 e. The molecule has 1 aliphatic carbocycles. The SMILES string of the molecule is COc1c(F)cc(C(=O)NC(Cc2ccncc2)C2CC(O)C2)cc1F. The van der Waals surface area contributed by atoms with Crippen molar-refractivity contribution in [3.05, 3.63) is 59.4 Å². The van der Waals surface area contributed by atoms with Crippen LogP contribution in [0.25, 0.3) is 0 Å². The van der Waals surface area contributed by atoms with E-state index >= 15 is 0 Å². The lowest BCUT2D eigenvalue weighted by molar-refractivity contribution is 0.0239. The maximum Gasteiger partial charge on any atom is 0.251 e. The lowest BCUT2D eigenvalue weighted by atomic mass is 9.75. The van der Waals surface area contributed by atoms with Crippen LogP contribution in [0.4, 0.5) is 8.78 Å². The van der Waals surface area contributed by atoms with Crippen LogP contribution in [-0.2, 0) is 6.42 Å². The molecule has 138 valence electrons. The zero-order chi connectivity index (χ0) is 18.7. The molecule has 1 saturated carbocycles. The first-order valence-corrected chi connectivity index (χ1v) is 8.38. The van der Waals surface area contributed by atoms with E-state index in [0.717, 1.165) is 24.8 Å². The number of methoxy groups -OCH3 is 1. The van der Waals surface area contributed by atoms with Crippen molar-refractivity contribution in [3.63, 3.8) is 0 Å². The molecule has 0 radical (unpaired) electrons. The maximum absolute atomic E-state index is 13.9. The fourth-order valence-corrected chi connectivity index (χ4v) is 3.20. The van der Waals surface area contributed by atoms with Gasteiger partial charge in [0.1, 0.15) is 0 Å². The van der Waals surface area contributed by atoms with E-state index < -0.39 is 23.3 Å². The van der Waals surface area contributed by atoms with Crippen molar-refractivity contribution >= 4 is 5.91 Å². The van der Waals surface area contributed by atoms with Gasteiger partial charge in [-0.3, -0.25) is 9.78 Å². The van der Waals surface area contributed by atoms with E-state index in [0.29, 0.717) is 19.3 Å². The molecule has 1 amide bonds. The summed E-state index contributed by atoms with van der Waals surface area (Å²) in [6, 6.07) is 5.36. The van der Waals surface area contributed by atoms with Crippen molar-refractivity contribution in [1.82, 2.24) is 10.3 Å². The summed E-state index contributed by atoms with van der Waals surface area (Å²) >= 11 is 0. The Hall–Kier alpha value is -2.54. The lowest BCUT2D eigenvalue weighted by Gasteiger charge is -2.38. The van der Waals surface area contributed by atoms with Gasteiger partial charge in [-0.15, -0.1) is 0 Å². The number of nitrogens with zero attached hydrogens (tertiary/aromatic N) is 1. The van der Waals surface area contributed by atoms with Crippen molar-refractivity contribution < 1.29 is 23.4 Å². The summed E-state index contributed by atoms with van der Waals surface area (Å²) in [7, 11) is 1.16. The zero-order valence-electron chi connectivity index (χ0n) is 14.3. The standard InChI is InChI=1S/C19H20F2N2O3/c1-26-18-15(20)9-13(10-16(18)21)19(25)23-17(12-7-14(24)8-12)6-11-2-4-22-5-3-11/h2-5,9-10,12,14,17,24H,6-8H2,1H3,(H,23,25). The van der Waals surface area contributed by atoms with Crippen molar-refractivity contribution in [2.75, 3.05) is 7.11 Å². The van der Waals surface area contributed by atoms with Crippen LogP contribution in [0, 0.1) is 17.6 Å². The number of aliphatic hydroxyl groups excluding tert-OH is 1. The van der Waals surface area contributed by atoms with Crippen LogP contribution in [0.15, 0.2) is 36.7 Å². The summed E-state index contributed by atoms with van der Waals surface area (Å²) in [5, 5.41) is 12.4. The number of pyridine rings is 1. The minimum atomic E-state index is -0.928. The predicted octanol–water partition coefficient (Wildman–Crippen LogP) is 2.48. The highest BCUT2D eigenvalue weighted by Crippen LogP contribution is 2.32. The second-order valence-electron chi connectivity index (χ2n) is 6.50. The number of nitrogens with one attached hydrogen (secondary N) is 1. The lowest BCUT2D eigenvalue weighted by Crippen LogP contribution is -2.48. The Kier molecular flexibility index (Phi) is 5.46. The second kappa shape index (κ2) is 7.78. The van der Waals surface area contributed by atoms with E-state index in [9.17, 15) is 18.7 Å². The Morgan fingerprint density at radius 2 is 1.92 bits per heavy atom. The number of hydrogen-bond acceptors (Lipinski definition) is 4. The molecular formula is C19H20F2N2O3. The van der Waals surface area contributed by atoms with E-state index in [2.05, 4.69) is 15.0 Å². The summed E-state index contributed by atoms with van der Waals surface area (Å²) in [5.41, 5.74) is 0.874. The molecule has 1 atom stereocenters. The van der Waals surface area contributed by atoms with E-state index in [4.69, 9.17) is 0 Å². The van der Waals surface area contributed by atoms with Gasteiger partial charge in [0.25, 0.3) is 5.91 Å². The van der Waals surface area contributed by atoms with Crippen molar-refractivity contribution in [2.45, 2.75) is 31.4 Å². The van der Waals surface area contributed by atoms with Crippen LogP contribution < -0.4 is 10.1 Å². The molecule has 7 heteroatoms. The third-order valence-corrected chi connectivity index (χ3v) is 4.70. The van der Waals surface area contributed by atoms with Gasteiger partial charge in [0, 0.05) is 24.0 Å². The van der Waals surface area contributed by atoms with Crippen LogP contribution in [0.3, 0.4) is 0 Å². The molecule has 1 aromatic carbocycles. The molecule has 3 rings (SSSR count). The quantitative estimate of drug-likeness (QED) is 0.828. The Morgan fingerprint density at radius 1 is 1.31 bits per heavy atom. The monoisotopic (exact) mass is 362 g/mol. The summed E-state index contributed by atoms with van der Waals surface area (Å²) in [6.45, 7) is 0. The molecule has 0 spiro atoms. The minimum Gasteiger partial charge on any atom is -0.491 e. The molecule has 1 unspecified atom stereocenters. The van der Waals surface area contributed by atoms with Crippen molar-refractivity contribution in [1.29, 1.82) is 0 Å². The number of ether oxygens (including phenoxy) is 1. The molecule has 0 aliphatic heterocycles. The number of carbonyl (C=O) groups is 1. The van der Waals surface area contributed by atoms with Gasteiger partial charge in [-0.05, 0) is 55.0 Å². The average Bonchev–Trinajstić information content (AvgIpc) is 2.59. The van der Waals surface area contributed by atoms with Gasteiger partial charge in [-0.1, -0.05) is 0 Å². The van der Waals surface area contributed by atoms with E-state index in [-0.39, 0.29) is 23.6 Å². The van der Waals surface area contributed by atoms with Gasteiger partial charge in [0.2, 0.25) is 0 Å². The van der Waals surface area contributed by atoms with E-state index in [1.165, 1.54) is 0 Å². The average molecular weight is 362 g/mol. The maximum atomic E-state index is 13.9. The molecule has 1 aliphatic rings. The third-order valence-electron chi connectivity index (χ3n) is 4.70. The van der Waals surface area contributed by atoms with Crippen molar-refractivity contribution in [2.24, 2.45) is 5.92 Å². The molecule has 26 heavy (non-hydrogen) atoms. The number of rotatable bonds is 6. The first-order valence-electron chi connectivity index (χ1n) is 8.38. The van der Waals surface area contributed by atoms with Gasteiger partial charge < -0.3 is 15.2 Å².